The van der Waals surface area contributed by atoms with E-state index in [2.05, 4.69) is 25.7 Å². The van der Waals surface area contributed by atoms with Crippen LogP contribution in [0.3, 0.4) is 0 Å². The van der Waals surface area contributed by atoms with Gasteiger partial charge in [0.2, 0.25) is 5.91 Å². The van der Waals surface area contributed by atoms with Crippen LogP contribution in [-0.2, 0) is 11.2 Å². The molecule has 4 heteroatoms. The molecule has 0 aliphatic carbocycles. The van der Waals surface area contributed by atoms with Crippen molar-refractivity contribution in [1.82, 2.24) is 4.90 Å². The van der Waals surface area contributed by atoms with Gasteiger partial charge in [0.1, 0.15) is 5.75 Å². The number of piperidine rings is 1. The second-order valence-corrected chi connectivity index (χ2v) is 6.65. The molecule has 1 aromatic rings. The Morgan fingerprint density at radius 3 is 2.61 bits per heavy atom. The van der Waals surface area contributed by atoms with E-state index in [-0.39, 0.29) is 5.91 Å². The normalized spacial score (nSPS) is 21.3. The molecule has 2 atom stereocenters. The molecule has 0 spiro atoms. The minimum Gasteiger partial charge on any atom is -0.491 e. The maximum absolute atomic E-state index is 12.6. The van der Waals surface area contributed by atoms with Crippen LogP contribution in [0.4, 0.5) is 5.69 Å². The largest absolute Gasteiger partial charge is 0.491 e. The van der Waals surface area contributed by atoms with Crippen LogP contribution < -0.4 is 10.5 Å². The third-order valence-corrected chi connectivity index (χ3v) is 4.64. The lowest BCUT2D eigenvalue weighted by Crippen LogP contribution is -2.47. The van der Waals surface area contributed by atoms with Gasteiger partial charge < -0.3 is 15.4 Å². The fourth-order valence-corrected chi connectivity index (χ4v) is 3.39. The predicted octanol–water partition coefficient (Wildman–Crippen LogP) is 3.78. The lowest BCUT2D eigenvalue weighted by molar-refractivity contribution is -0.137. The monoisotopic (exact) mass is 318 g/mol. The van der Waals surface area contributed by atoms with E-state index < -0.39 is 0 Å². The van der Waals surface area contributed by atoms with Crippen LogP contribution in [0.1, 0.15) is 58.4 Å². The van der Waals surface area contributed by atoms with Crippen molar-refractivity contribution in [2.45, 2.75) is 71.4 Å². The van der Waals surface area contributed by atoms with E-state index in [4.69, 9.17) is 10.5 Å². The molecule has 1 amide bonds. The molecule has 128 valence electrons. The maximum Gasteiger partial charge on any atom is 0.223 e. The Labute approximate surface area is 140 Å². The van der Waals surface area contributed by atoms with Gasteiger partial charge in [0, 0.05) is 18.5 Å². The summed E-state index contributed by atoms with van der Waals surface area (Å²) in [6.07, 6.45) is 5.69. The predicted molar refractivity (Wildman–Crippen MR) is 94.6 cm³/mol. The number of nitrogens with zero attached hydrogens (tertiary/aromatic N) is 1. The SMILES string of the molecule is CCCOc1ccc(CCC(=O)N2C(C)CCCC2C)cc1N. The summed E-state index contributed by atoms with van der Waals surface area (Å²) >= 11 is 0. The zero-order valence-corrected chi connectivity index (χ0v) is 14.7. The molecule has 4 nitrogen and oxygen atoms in total. The molecule has 1 saturated heterocycles. The van der Waals surface area contributed by atoms with Crippen LogP contribution in [0.5, 0.6) is 5.75 Å². The summed E-state index contributed by atoms with van der Waals surface area (Å²) in [5.74, 6) is 0.995. The first-order valence-electron chi connectivity index (χ1n) is 8.85. The third kappa shape index (κ3) is 4.63. The molecule has 1 fully saturated rings. The first kappa shape index (κ1) is 17.6. The summed E-state index contributed by atoms with van der Waals surface area (Å²) in [5.41, 5.74) is 7.79. The number of hydrogen-bond acceptors (Lipinski definition) is 3. The van der Waals surface area contributed by atoms with E-state index in [1.54, 1.807) is 0 Å². The highest BCUT2D eigenvalue weighted by molar-refractivity contribution is 5.77. The van der Waals surface area contributed by atoms with Crippen LogP contribution in [0.25, 0.3) is 0 Å². The van der Waals surface area contributed by atoms with Gasteiger partial charge in [-0.05, 0) is 63.6 Å². The van der Waals surface area contributed by atoms with Crippen LogP contribution in [0.2, 0.25) is 0 Å². The number of hydrogen-bond donors (Lipinski definition) is 1. The lowest BCUT2D eigenvalue weighted by Gasteiger charge is -2.39. The van der Waals surface area contributed by atoms with Gasteiger partial charge in [0.15, 0.2) is 0 Å². The van der Waals surface area contributed by atoms with E-state index in [9.17, 15) is 4.79 Å². The van der Waals surface area contributed by atoms with Crippen molar-refractivity contribution in [1.29, 1.82) is 0 Å². The summed E-state index contributed by atoms with van der Waals surface area (Å²) in [4.78, 5) is 14.6. The second kappa shape index (κ2) is 8.23. The fourth-order valence-electron chi connectivity index (χ4n) is 3.39. The van der Waals surface area contributed by atoms with Crippen LogP contribution in [-0.4, -0.2) is 29.5 Å². The Kier molecular flexibility index (Phi) is 6.31. The van der Waals surface area contributed by atoms with Gasteiger partial charge in [-0.1, -0.05) is 13.0 Å². The Bertz CT molecular complexity index is 520. The molecule has 2 rings (SSSR count). The molecule has 2 N–H and O–H groups in total. The fraction of sp³-hybridized carbons (Fsp3) is 0.632. The third-order valence-electron chi connectivity index (χ3n) is 4.64. The quantitative estimate of drug-likeness (QED) is 0.812. The van der Waals surface area contributed by atoms with Gasteiger partial charge in [0.25, 0.3) is 0 Å². The first-order chi connectivity index (χ1) is 11.0. The van der Waals surface area contributed by atoms with E-state index in [1.807, 2.05) is 18.2 Å². The number of carbonyl (C=O) groups excluding carboxylic acids is 1. The van der Waals surface area contributed by atoms with Crippen molar-refractivity contribution in [3.05, 3.63) is 23.8 Å². The van der Waals surface area contributed by atoms with Crippen LogP contribution in [0.15, 0.2) is 18.2 Å². The zero-order valence-electron chi connectivity index (χ0n) is 14.7. The first-order valence-corrected chi connectivity index (χ1v) is 8.85. The number of amides is 1. The minimum atomic E-state index is 0.259. The average molecular weight is 318 g/mol. The lowest BCUT2D eigenvalue weighted by atomic mass is 9.96. The average Bonchev–Trinajstić information content (AvgIpc) is 2.52. The molecule has 1 heterocycles. The van der Waals surface area contributed by atoms with Gasteiger partial charge in [-0.2, -0.15) is 0 Å². The Morgan fingerprint density at radius 2 is 2.00 bits per heavy atom. The number of anilines is 1. The van der Waals surface area contributed by atoms with Gasteiger partial charge in [0.05, 0.1) is 12.3 Å². The van der Waals surface area contributed by atoms with Crippen molar-refractivity contribution in [3.63, 3.8) is 0 Å². The molecular weight excluding hydrogens is 288 g/mol. The highest BCUT2D eigenvalue weighted by Crippen LogP contribution is 2.25. The maximum atomic E-state index is 12.6. The number of nitrogens with two attached hydrogens (primary N) is 1. The summed E-state index contributed by atoms with van der Waals surface area (Å²) in [5, 5.41) is 0. The summed E-state index contributed by atoms with van der Waals surface area (Å²) < 4.78 is 5.59. The molecule has 1 aromatic carbocycles. The van der Waals surface area contributed by atoms with Gasteiger partial charge in [-0.3, -0.25) is 4.79 Å². The van der Waals surface area contributed by atoms with Gasteiger partial charge in [-0.15, -0.1) is 0 Å². The zero-order chi connectivity index (χ0) is 16.8. The smallest absolute Gasteiger partial charge is 0.223 e. The van der Waals surface area contributed by atoms with Crippen molar-refractivity contribution in [2.75, 3.05) is 12.3 Å². The molecule has 1 aliphatic heterocycles. The molecule has 1 aliphatic rings. The number of carbonyl (C=O) groups is 1. The number of aryl methyl sites for hydroxylation is 1. The molecule has 0 bridgehead atoms. The Balaban J connectivity index is 1.92. The Hall–Kier alpha value is -1.71. The van der Waals surface area contributed by atoms with E-state index >= 15 is 0 Å². The van der Waals surface area contributed by atoms with Crippen molar-refractivity contribution < 1.29 is 9.53 Å². The van der Waals surface area contributed by atoms with E-state index in [0.29, 0.717) is 30.8 Å². The summed E-state index contributed by atoms with van der Waals surface area (Å²) in [6.45, 7) is 7.06. The topological polar surface area (TPSA) is 55.6 Å². The minimum absolute atomic E-state index is 0.259. The molecular formula is C19H30N2O2. The molecule has 0 saturated carbocycles. The highest BCUT2D eigenvalue weighted by atomic mass is 16.5. The van der Waals surface area contributed by atoms with Crippen LogP contribution in [0, 0.1) is 0 Å². The Morgan fingerprint density at radius 1 is 1.30 bits per heavy atom. The molecule has 0 radical (unpaired) electrons. The van der Waals surface area contributed by atoms with Crippen molar-refractivity contribution >= 4 is 11.6 Å². The van der Waals surface area contributed by atoms with Crippen molar-refractivity contribution in [2.24, 2.45) is 0 Å². The number of likely N-dealkylation sites (tertiary alicyclic amines) is 1. The van der Waals surface area contributed by atoms with E-state index in [0.717, 1.165) is 37.0 Å². The number of benzene rings is 1. The number of nitrogen functional groups attached to an aromatic ring is 1. The number of rotatable bonds is 6. The standard InChI is InChI=1S/C19H30N2O2/c1-4-12-23-18-10-8-16(13-17(18)20)9-11-19(22)21-14(2)6-5-7-15(21)3/h8,10,13-15H,4-7,9,11-12,20H2,1-3H3. The molecule has 0 aromatic heterocycles. The molecule has 23 heavy (non-hydrogen) atoms. The van der Waals surface area contributed by atoms with Gasteiger partial charge >= 0.3 is 0 Å². The van der Waals surface area contributed by atoms with Gasteiger partial charge in [-0.25, -0.2) is 0 Å². The summed E-state index contributed by atoms with van der Waals surface area (Å²) in [6, 6.07) is 6.58. The molecule has 2 unspecified atom stereocenters. The number of ether oxygens (including phenoxy) is 1. The van der Waals surface area contributed by atoms with E-state index in [1.165, 1.54) is 6.42 Å². The van der Waals surface area contributed by atoms with Crippen LogP contribution >= 0.6 is 0 Å². The highest BCUT2D eigenvalue weighted by Gasteiger charge is 2.28. The van der Waals surface area contributed by atoms with Crippen molar-refractivity contribution in [3.8, 4) is 5.75 Å². The summed E-state index contributed by atoms with van der Waals surface area (Å²) in [7, 11) is 0. The second-order valence-electron chi connectivity index (χ2n) is 6.65.